The number of likely N-dealkylation sites (tertiary alicyclic amines) is 1. The SMILES string of the molecule is C=CCCCCOC(=O)[C@@H]1[C@H]2C(=O)N([C@@H](CO)C(C)C)C(C(=O)N(CC=C)C(C)CCC)C23CC[C@@]1(C)O3. The van der Waals surface area contributed by atoms with E-state index in [2.05, 4.69) is 20.1 Å². The van der Waals surface area contributed by atoms with Gasteiger partial charge in [-0.05, 0) is 58.3 Å². The third-order valence-corrected chi connectivity index (χ3v) is 8.91. The second kappa shape index (κ2) is 12.3. The molecule has 7 atom stereocenters. The van der Waals surface area contributed by atoms with Gasteiger partial charge in [-0.25, -0.2) is 0 Å². The Balaban J connectivity index is 2.03. The second-order valence-corrected chi connectivity index (χ2v) is 11.8. The zero-order valence-electron chi connectivity index (χ0n) is 24.0. The summed E-state index contributed by atoms with van der Waals surface area (Å²) in [5.41, 5.74) is -2.02. The number of ether oxygens (including phenoxy) is 2. The number of esters is 1. The summed E-state index contributed by atoms with van der Waals surface area (Å²) in [5.74, 6) is -2.66. The number of hydrogen-bond donors (Lipinski definition) is 1. The number of fused-ring (bicyclic) bond motifs is 1. The van der Waals surface area contributed by atoms with Gasteiger partial charge in [0.1, 0.15) is 17.6 Å². The first kappa shape index (κ1) is 30.4. The first-order valence-electron chi connectivity index (χ1n) is 14.4. The van der Waals surface area contributed by atoms with Crippen LogP contribution in [0, 0.1) is 17.8 Å². The molecule has 0 radical (unpaired) electrons. The number of rotatable bonds is 15. The Morgan fingerprint density at radius 1 is 1.24 bits per heavy atom. The van der Waals surface area contributed by atoms with E-state index in [-0.39, 0.29) is 37.0 Å². The number of unbranched alkanes of at least 4 members (excludes halogenated alkanes) is 2. The summed E-state index contributed by atoms with van der Waals surface area (Å²) < 4.78 is 12.4. The highest BCUT2D eigenvalue weighted by Crippen LogP contribution is 2.64. The second-order valence-electron chi connectivity index (χ2n) is 11.8. The monoisotopic (exact) mass is 532 g/mol. The molecule has 0 saturated carbocycles. The Labute approximate surface area is 228 Å². The third kappa shape index (κ3) is 5.18. The smallest absolute Gasteiger partial charge is 0.312 e. The van der Waals surface area contributed by atoms with Gasteiger partial charge < -0.3 is 24.4 Å². The van der Waals surface area contributed by atoms with Crippen LogP contribution in [-0.2, 0) is 23.9 Å². The fourth-order valence-electron chi connectivity index (χ4n) is 6.99. The van der Waals surface area contributed by atoms with Crippen molar-refractivity contribution in [2.45, 2.75) is 109 Å². The van der Waals surface area contributed by atoms with Gasteiger partial charge in [0, 0.05) is 12.6 Å². The summed E-state index contributed by atoms with van der Waals surface area (Å²) in [6, 6.07) is -1.56. The molecule has 38 heavy (non-hydrogen) atoms. The first-order valence-corrected chi connectivity index (χ1v) is 14.4. The summed E-state index contributed by atoms with van der Waals surface area (Å²) in [4.78, 5) is 45.5. The van der Waals surface area contributed by atoms with Crippen molar-refractivity contribution in [3.8, 4) is 0 Å². The van der Waals surface area contributed by atoms with Gasteiger partial charge in [-0.2, -0.15) is 0 Å². The number of allylic oxidation sites excluding steroid dienone is 1. The molecule has 214 valence electrons. The highest BCUT2D eigenvalue weighted by atomic mass is 16.6. The van der Waals surface area contributed by atoms with Crippen LogP contribution in [0.25, 0.3) is 0 Å². The summed E-state index contributed by atoms with van der Waals surface area (Å²) in [5, 5.41) is 10.4. The number of hydrogen-bond acceptors (Lipinski definition) is 6. The zero-order valence-corrected chi connectivity index (χ0v) is 24.0. The van der Waals surface area contributed by atoms with E-state index >= 15 is 0 Å². The van der Waals surface area contributed by atoms with E-state index < -0.39 is 41.1 Å². The molecule has 3 aliphatic heterocycles. The van der Waals surface area contributed by atoms with Crippen LogP contribution >= 0.6 is 0 Å². The minimum Gasteiger partial charge on any atom is -0.465 e. The van der Waals surface area contributed by atoms with Crippen molar-refractivity contribution >= 4 is 17.8 Å². The van der Waals surface area contributed by atoms with E-state index in [1.807, 2.05) is 33.8 Å². The van der Waals surface area contributed by atoms with Crippen molar-refractivity contribution in [2.24, 2.45) is 17.8 Å². The van der Waals surface area contributed by atoms with Crippen LogP contribution in [0.5, 0.6) is 0 Å². The number of aliphatic hydroxyl groups is 1. The standard InChI is InChI=1S/C30H48N2O6/c1-8-11-12-13-18-37-28(36)24-23-26(34)32(22(19-33)20(4)5)25(30(23)16-15-29(24,7)38-30)27(35)31(17-10-3)21(6)14-9-2/h8,10,20-25,33H,1,3,9,11-19H2,2,4-7H3/t21?,22-,23-,24-,25?,29+,30?/m0/s1. The number of nitrogens with zero attached hydrogens (tertiary/aromatic N) is 2. The lowest BCUT2D eigenvalue weighted by Gasteiger charge is -2.42. The lowest BCUT2D eigenvalue weighted by molar-refractivity contribution is -0.163. The Hall–Kier alpha value is -2.19. The Morgan fingerprint density at radius 2 is 1.95 bits per heavy atom. The highest BCUT2D eigenvalue weighted by Gasteiger charge is 2.79. The van der Waals surface area contributed by atoms with Crippen LogP contribution in [-0.4, -0.2) is 81.8 Å². The maximum atomic E-state index is 14.4. The zero-order chi connectivity index (χ0) is 28.3. The van der Waals surface area contributed by atoms with Crippen LogP contribution in [0.4, 0.5) is 0 Å². The molecule has 3 fully saturated rings. The van der Waals surface area contributed by atoms with Gasteiger partial charge in [0.2, 0.25) is 11.8 Å². The maximum Gasteiger partial charge on any atom is 0.312 e. The van der Waals surface area contributed by atoms with E-state index in [4.69, 9.17) is 9.47 Å². The van der Waals surface area contributed by atoms with E-state index in [0.29, 0.717) is 25.8 Å². The lowest BCUT2D eigenvalue weighted by Crippen LogP contribution is -2.60. The molecule has 0 aliphatic carbocycles. The molecule has 2 bridgehead atoms. The van der Waals surface area contributed by atoms with Crippen LogP contribution < -0.4 is 0 Å². The van der Waals surface area contributed by atoms with Crippen molar-refractivity contribution in [3.05, 3.63) is 25.3 Å². The van der Waals surface area contributed by atoms with Crippen LogP contribution in [0.3, 0.4) is 0 Å². The van der Waals surface area contributed by atoms with Crippen molar-refractivity contribution in [2.75, 3.05) is 19.8 Å². The van der Waals surface area contributed by atoms with Gasteiger partial charge in [-0.3, -0.25) is 14.4 Å². The normalized spacial score (nSPS) is 31.3. The molecule has 1 spiro atoms. The number of carbonyl (C=O) groups is 3. The molecule has 3 rings (SSSR count). The molecule has 3 aliphatic rings. The van der Waals surface area contributed by atoms with Gasteiger partial charge >= 0.3 is 5.97 Å². The average Bonchev–Trinajstić information content (AvgIpc) is 3.43. The lowest BCUT2D eigenvalue weighted by atomic mass is 9.66. The van der Waals surface area contributed by atoms with Crippen molar-refractivity contribution in [1.29, 1.82) is 0 Å². The first-order chi connectivity index (χ1) is 18.0. The molecule has 8 heteroatoms. The molecule has 1 N–H and O–H groups in total. The van der Waals surface area contributed by atoms with Crippen molar-refractivity contribution in [1.82, 2.24) is 9.80 Å². The van der Waals surface area contributed by atoms with E-state index in [0.717, 1.165) is 25.7 Å². The third-order valence-electron chi connectivity index (χ3n) is 8.91. The predicted octanol–water partition coefficient (Wildman–Crippen LogP) is 3.87. The fraction of sp³-hybridized carbons (Fsp3) is 0.767. The minimum atomic E-state index is -1.14. The quantitative estimate of drug-likeness (QED) is 0.195. The maximum absolute atomic E-state index is 14.4. The highest BCUT2D eigenvalue weighted by molar-refractivity contribution is 5.98. The molecule has 2 amide bonds. The van der Waals surface area contributed by atoms with Gasteiger partial charge in [0.25, 0.3) is 0 Å². The number of aliphatic hydroxyl groups excluding tert-OH is 1. The molecular formula is C30H48N2O6. The number of amides is 2. The van der Waals surface area contributed by atoms with Crippen molar-refractivity contribution in [3.63, 3.8) is 0 Å². The Bertz CT molecular complexity index is 905. The summed E-state index contributed by atoms with van der Waals surface area (Å²) in [7, 11) is 0. The van der Waals surface area contributed by atoms with E-state index in [1.54, 1.807) is 15.9 Å². The molecule has 8 nitrogen and oxygen atoms in total. The van der Waals surface area contributed by atoms with Gasteiger partial charge in [0.15, 0.2) is 0 Å². The van der Waals surface area contributed by atoms with E-state index in [1.165, 1.54) is 0 Å². The predicted molar refractivity (Wildman–Crippen MR) is 146 cm³/mol. The van der Waals surface area contributed by atoms with Crippen LogP contribution in [0.15, 0.2) is 25.3 Å². The fourth-order valence-corrected chi connectivity index (χ4v) is 6.99. The summed E-state index contributed by atoms with van der Waals surface area (Å²) >= 11 is 0. The molecule has 3 saturated heterocycles. The topological polar surface area (TPSA) is 96.4 Å². The van der Waals surface area contributed by atoms with Gasteiger partial charge in [0.05, 0.1) is 30.8 Å². The van der Waals surface area contributed by atoms with E-state index in [9.17, 15) is 19.5 Å². The molecule has 0 aromatic rings. The molecule has 3 unspecified atom stereocenters. The van der Waals surface area contributed by atoms with Crippen LogP contribution in [0.2, 0.25) is 0 Å². The van der Waals surface area contributed by atoms with Crippen molar-refractivity contribution < 1.29 is 29.0 Å². The van der Waals surface area contributed by atoms with Gasteiger partial charge in [-0.1, -0.05) is 39.3 Å². The summed E-state index contributed by atoms with van der Waals surface area (Å²) in [6.45, 7) is 17.7. The Morgan fingerprint density at radius 3 is 2.53 bits per heavy atom. The van der Waals surface area contributed by atoms with Crippen LogP contribution in [0.1, 0.15) is 79.6 Å². The molecule has 0 aromatic heterocycles. The molecular weight excluding hydrogens is 484 g/mol. The van der Waals surface area contributed by atoms with Gasteiger partial charge in [-0.15, -0.1) is 13.2 Å². The Kier molecular flexibility index (Phi) is 9.85. The molecule has 0 aromatic carbocycles. The molecule has 3 heterocycles. The largest absolute Gasteiger partial charge is 0.465 e. The average molecular weight is 533 g/mol. The minimum absolute atomic E-state index is 0.0601. The summed E-state index contributed by atoms with van der Waals surface area (Å²) in [6.07, 6.45) is 8.74. The number of carbonyl (C=O) groups excluding carboxylic acids is 3.